The first kappa shape index (κ1) is 17.7. The highest BCUT2D eigenvalue weighted by Crippen LogP contribution is 2.20. The van der Waals surface area contributed by atoms with Gasteiger partial charge in [-0.2, -0.15) is 0 Å². The highest BCUT2D eigenvalue weighted by atomic mass is 16.6. The normalized spacial score (nSPS) is 20.5. The van der Waals surface area contributed by atoms with E-state index < -0.39 is 17.5 Å². The molecule has 9 heteroatoms. The third-order valence-corrected chi connectivity index (χ3v) is 3.57. The third kappa shape index (κ3) is 4.19. The van der Waals surface area contributed by atoms with Crippen molar-refractivity contribution < 1.29 is 24.0 Å². The maximum absolute atomic E-state index is 12.1. The Morgan fingerprint density at radius 1 is 1.38 bits per heavy atom. The van der Waals surface area contributed by atoms with E-state index in [0.29, 0.717) is 13.1 Å². The quantitative estimate of drug-likeness (QED) is 0.375. The van der Waals surface area contributed by atoms with E-state index in [0.717, 1.165) is 6.07 Å². The molecule has 1 fully saturated rings. The lowest BCUT2D eigenvalue weighted by Crippen LogP contribution is -2.49. The average Bonchev–Trinajstić information content (AvgIpc) is 2.51. The summed E-state index contributed by atoms with van der Waals surface area (Å²) in [5, 5.41) is 10.8. The number of nitrogen functional groups attached to an aromatic ring is 1. The van der Waals surface area contributed by atoms with E-state index in [-0.39, 0.29) is 35.1 Å². The number of hydrogen-bond donors (Lipinski definition) is 1. The summed E-state index contributed by atoms with van der Waals surface area (Å²) in [6.45, 7) is 4.08. The molecule has 2 N–H and O–H groups in total. The molecule has 1 aliphatic rings. The van der Waals surface area contributed by atoms with E-state index in [4.69, 9.17) is 15.2 Å². The topological polar surface area (TPSA) is 125 Å². The minimum Gasteiger partial charge on any atom is -0.452 e. The first-order valence-electron chi connectivity index (χ1n) is 7.42. The average molecular weight is 337 g/mol. The Morgan fingerprint density at radius 2 is 2.00 bits per heavy atom. The van der Waals surface area contributed by atoms with Gasteiger partial charge < -0.3 is 20.1 Å². The molecule has 24 heavy (non-hydrogen) atoms. The summed E-state index contributed by atoms with van der Waals surface area (Å²) >= 11 is 0. The van der Waals surface area contributed by atoms with Crippen LogP contribution in [0.2, 0.25) is 0 Å². The maximum Gasteiger partial charge on any atom is 0.341 e. The van der Waals surface area contributed by atoms with E-state index in [1.54, 1.807) is 4.90 Å². The van der Waals surface area contributed by atoms with Crippen LogP contribution < -0.4 is 5.73 Å². The van der Waals surface area contributed by atoms with E-state index in [1.165, 1.54) is 12.1 Å². The number of nitro benzene ring substituents is 1. The SMILES string of the molecule is C[C@H]1CN(C(=O)COC(=O)c2cc([N+](=O)[O-])ccc2N)C[C@H](C)O1. The van der Waals surface area contributed by atoms with Gasteiger partial charge in [-0.1, -0.05) is 0 Å². The summed E-state index contributed by atoms with van der Waals surface area (Å²) in [5.74, 6) is -1.23. The number of nitrogens with zero attached hydrogens (tertiary/aromatic N) is 2. The fraction of sp³-hybridized carbons (Fsp3) is 0.467. The molecule has 1 heterocycles. The van der Waals surface area contributed by atoms with Crippen molar-refractivity contribution in [2.45, 2.75) is 26.1 Å². The van der Waals surface area contributed by atoms with Gasteiger partial charge in [-0.3, -0.25) is 14.9 Å². The van der Waals surface area contributed by atoms with Crippen molar-refractivity contribution in [1.29, 1.82) is 0 Å². The molecule has 2 rings (SSSR count). The molecule has 1 aliphatic heterocycles. The molecule has 130 valence electrons. The number of ether oxygens (including phenoxy) is 2. The second-order valence-corrected chi connectivity index (χ2v) is 5.66. The van der Waals surface area contributed by atoms with E-state index in [2.05, 4.69) is 0 Å². The molecule has 0 bridgehead atoms. The number of hydrogen-bond acceptors (Lipinski definition) is 7. The number of esters is 1. The fourth-order valence-corrected chi connectivity index (χ4v) is 2.51. The van der Waals surface area contributed by atoms with Gasteiger partial charge in [0.1, 0.15) is 0 Å². The summed E-state index contributed by atoms with van der Waals surface area (Å²) in [6.07, 6.45) is -0.193. The van der Waals surface area contributed by atoms with Gasteiger partial charge in [0, 0.05) is 30.9 Å². The number of benzene rings is 1. The molecule has 0 spiro atoms. The minimum atomic E-state index is -0.876. The predicted octanol–water partition coefficient (Wildman–Crippen LogP) is 0.970. The third-order valence-electron chi connectivity index (χ3n) is 3.57. The van der Waals surface area contributed by atoms with Gasteiger partial charge in [-0.15, -0.1) is 0 Å². The summed E-state index contributed by atoms with van der Waals surface area (Å²) in [6, 6.07) is 3.47. The van der Waals surface area contributed by atoms with Gasteiger partial charge in [0.15, 0.2) is 6.61 Å². The molecular formula is C15H19N3O6. The largest absolute Gasteiger partial charge is 0.452 e. The highest BCUT2D eigenvalue weighted by molar-refractivity contribution is 5.97. The van der Waals surface area contributed by atoms with E-state index in [9.17, 15) is 19.7 Å². The van der Waals surface area contributed by atoms with Crippen LogP contribution >= 0.6 is 0 Å². The number of amides is 1. The van der Waals surface area contributed by atoms with Crippen molar-refractivity contribution in [2.75, 3.05) is 25.4 Å². The highest BCUT2D eigenvalue weighted by Gasteiger charge is 2.27. The molecule has 1 amide bonds. The number of morpholine rings is 1. The van der Waals surface area contributed by atoms with Crippen LogP contribution in [0.3, 0.4) is 0 Å². The zero-order valence-electron chi connectivity index (χ0n) is 13.4. The van der Waals surface area contributed by atoms with Crippen LogP contribution in [0.5, 0.6) is 0 Å². The Balaban J connectivity index is 1.99. The molecule has 1 saturated heterocycles. The van der Waals surface area contributed by atoms with Crippen molar-refractivity contribution >= 4 is 23.3 Å². The summed E-state index contributed by atoms with van der Waals surface area (Å²) < 4.78 is 10.5. The number of anilines is 1. The Hall–Kier alpha value is -2.68. The number of rotatable bonds is 4. The van der Waals surface area contributed by atoms with Crippen molar-refractivity contribution in [3.05, 3.63) is 33.9 Å². The second kappa shape index (κ2) is 7.26. The van der Waals surface area contributed by atoms with Crippen molar-refractivity contribution in [2.24, 2.45) is 0 Å². The smallest absolute Gasteiger partial charge is 0.341 e. The maximum atomic E-state index is 12.1. The lowest BCUT2D eigenvalue weighted by atomic mass is 10.1. The first-order chi connectivity index (χ1) is 11.3. The molecular weight excluding hydrogens is 318 g/mol. The fourth-order valence-electron chi connectivity index (χ4n) is 2.51. The van der Waals surface area contributed by atoms with Crippen molar-refractivity contribution in [1.82, 2.24) is 4.90 Å². The van der Waals surface area contributed by atoms with Gasteiger partial charge in [0.05, 0.1) is 22.7 Å². The molecule has 1 aromatic carbocycles. The zero-order valence-corrected chi connectivity index (χ0v) is 13.4. The number of carbonyl (C=O) groups excluding carboxylic acids is 2. The molecule has 0 unspecified atom stereocenters. The van der Waals surface area contributed by atoms with Gasteiger partial charge in [0.2, 0.25) is 0 Å². The van der Waals surface area contributed by atoms with Crippen LogP contribution in [0.15, 0.2) is 18.2 Å². The monoisotopic (exact) mass is 337 g/mol. The number of non-ortho nitro benzene ring substituents is 1. The van der Waals surface area contributed by atoms with Crippen molar-refractivity contribution in [3.8, 4) is 0 Å². The van der Waals surface area contributed by atoms with Crippen LogP contribution in [-0.4, -0.2) is 53.6 Å². The second-order valence-electron chi connectivity index (χ2n) is 5.66. The van der Waals surface area contributed by atoms with Crippen LogP contribution in [0.1, 0.15) is 24.2 Å². The molecule has 0 aliphatic carbocycles. The van der Waals surface area contributed by atoms with Crippen LogP contribution in [0.25, 0.3) is 0 Å². The lowest BCUT2D eigenvalue weighted by molar-refractivity contribution is -0.384. The number of carbonyl (C=O) groups is 2. The Morgan fingerprint density at radius 3 is 2.58 bits per heavy atom. The van der Waals surface area contributed by atoms with E-state index in [1.807, 2.05) is 13.8 Å². The summed E-state index contributed by atoms with van der Waals surface area (Å²) in [7, 11) is 0. The van der Waals surface area contributed by atoms with E-state index >= 15 is 0 Å². The summed E-state index contributed by atoms with van der Waals surface area (Å²) in [5.41, 5.74) is 5.27. The minimum absolute atomic E-state index is 0.0478. The first-order valence-corrected chi connectivity index (χ1v) is 7.42. The van der Waals surface area contributed by atoms with Crippen LogP contribution in [-0.2, 0) is 14.3 Å². The number of nitrogens with two attached hydrogens (primary N) is 1. The molecule has 0 saturated carbocycles. The Labute approximate surface area is 138 Å². The van der Waals surface area contributed by atoms with Gasteiger partial charge in [0.25, 0.3) is 11.6 Å². The molecule has 9 nitrogen and oxygen atoms in total. The summed E-state index contributed by atoms with van der Waals surface area (Å²) in [4.78, 5) is 35.9. The van der Waals surface area contributed by atoms with Gasteiger partial charge in [-0.05, 0) is 19.9 Å². The molecule has 0 aromatic heterocycles. The Bertz CT molecular complexity index is 653. The zero-order chi connectivity index (χ0) is 17.9. The van der Waals surface area contributed by atoms with Gasteiger partial charge in [-0.25, -0.2) is 4.79 Å². The molecule has 1 aromatic rings. The lowest BCUT2D eigenvalue weighted by Gasteiger charge is -2.35. The number of nitro groups is 1. The predicted molar refractivity (Wildman–Crippen MR) is 84.4 cm³/mol. The van der Waals surface area contributed by atoms with Crippen LogP contribution in [0.4, 0.5) is 11.4 Å². The molecule has 0 radical (unpaired) electrons. The van der Waals surface area contributed by atoms with Crippen LogP contribution in [0, 0.1) is 10.1 Å². The van der Waals surface area contributed by atoms with Gasteiger partial charge >= 0.3 is 5.97 Å². The Kier molecular flexibility index (Phi) is 5.35. The van der Waals surface area contributed by atoms with Crippen molar-refractivity contribution in [3.63, 3.8) is 0 Å². The molecule has 2 atom stereocenters. The standard InChI is InChI=1S/C15H19N3O6/c1-9-6-17(7-10(2)24-9)14(19)8-23-15(20)12-5-11(18(21)22)3-4-13(12)16/h3-5,9-10H,6-8,16H2,1-2H3/t9-,10-/m0/s1.